The van der Waals surface area contributed by atoms with E-state index in [-0.39, 0.29) is 0 Å². The Labute approximate surface area is 119 Å². The predicted octanol–water partition coefficient (Wildman–Crippen LogP) is 3.24. The molecule has 0 saturated carbocycles. The first kappa shape index (κ1) is 13.9. The molecule has 5 heteroatoms. The van der Waals surface area contributed by atoms with Crippen LogP contribution in [0.25, 0.3) is 0 Å². The first-order valence-corrected chi connectivity index (χ1v) is 7.36. The highest BCUT2D eigenvalue weighted by Gasteiger charge is 2.09. The zero-order chi connectivity index (χ0) is 13.8. The average Bonchev–Trinajstić information content (AvgIpc) is 2.43. The topological polar surface area (TPSA) is 52.3 Å². The molecule has 0 saturated heterocycles. The molecule has 3 nitrogen and oxygen atoms in total. The maximum absolute atomic E-state index is 12.3. The summed E-state index contributed by atoms with van der Waals surface area (Å²) in [6, 6.07) is 12.4. The molecule has 0 aliphatic carbocycles. The third kappa shape index (κ3) is 3.49. The minimum Gasteiger partial charge on any atom is -0.497 e. The van der Waals surface area contributed by atoms with Gasteiger partial charge in [0.25, 0.3) is 0 Å². The third-order valence-corrected chi connectivity index (χ3v) is 4.28. The minimum absolute atomic E-state index is 0.333. The van der Waals surface area contributed by atoms with Gasteiger partial charge in [-0.3, -0.25) is 4.21 Å². The molecule has 1 atom stereocenters. The minimum atomic E-state index is -1.18. The monoisotopic (exact) mass is 295 g/mol. The summed E-state index contributed by atoms with van der Waals surface area (Å²) in [6.45, 7) is 0. The van der Waals surface area contributed by atoms with Gasteiger partial charge in [0, 0.05) is 15.6 Å². The smallest absolute Gasteiger partial charge is 0.120 e. The predicted molar refractivity (Wildman–Crippen MR) is 79.0 cm³/mol. The van der Waals surface area contributed by atoms with E-state index in [9.17, 15) is 4.21 Å². The highest BCUT2D eigenvalue weighted by Crippen LogP contribution is 2.23. The van der Waals surface area contributed by atoms with Crippen molar-refractivity contribution in [3.63, 3.8) is 0 Å². The number of methoxy groups -OCH3 is 1. The van der Waals surface area contributed by atoms with Gasteiger partial charge in [-0.2, -0.15) is 0 Å². The van der Waals surface area contributed by atoms with Gasteiger partial charge in [-0.25, -0.2) is 0 Å². The Morgan fingerprint density at radius 3 is 2.79 bits per heavy atom. The molecule has 0 fully saturated rings. The third-order valence-electron chi connectivity index (χ3n) is 2.70. The van der Waals surface area contributed by atoms with E-state index in [1.165, 1.54) is 0 Å². The van der Waals surface area contributed by atoms with Crippen molar-refractivity contribution in [1.29, 1.82) is 0 Å². The number of nitrogens with two attached hydrogens (primary N) is 1. The van der Waals surface area contributed by atoms with Crippen LogP contribution in [0.2, 0.25) is 5.02 Å². The molecule has 100 valence electrons. The summed E-state index contributed by atoms with van der Waals surface area (Å²) >= 11 is 5.92. The Morgan fingerprint density at radius 2 is 2.05 bits per heavy atom. The van der Waals surface area contributed by atoms with Crippen LogP contribution in [0, 0.1) is 0 Å². The molecule has 2 aromatic rings. The van der Waals surface area contributed by atoms with Crippen molar-refractivity contribution in [2.75, 3.05) is 12.8 Å². The summed E-state index contributed by atoms with van der Waals surface area (Å²) in [5, 5.41) is 0.590. The molecule has 0 aromatic heterocycles. The zero-order valence-electron chi connectivity index (χ0n) is 10.4. The molecule has 0 radical (unpaired) electrons. The lowest BCUT2D eigenvalue weighted by Gasteiger charge is -2.07. The Hall–Kier alpha value is -1.52. The van der Waals surface area contributed by atoms with Crippen LogP contribution in [-0.4, -0.2) is 11.3 Å². The molecule has 19 heavy (non-hydrogen) atoms. The molecular formula is C14H14ClNO2S. The van der Waals surface area contributed by atoms with Gasteiger partial charge in [-0.15, -0.1) is 0 Å². The molecule has 0 spiro atoms. The number of ether oxygens (including phenoxy) is 1. The molecule has 2 N–H and O–H groups in total. The molecule has 0 amide bonds. The number of anilines is 1. The molecule has 0 bridgehead atoms. The Morgan fingerprint density at radius 1 is 1.26 bits per heavy atom. The summed E-state index contributed by atoms with van der Waals surface area (Å²) in [5.41, 5.74) is 7.24. The fourth-order valence-electron chi connectivity index (χ4n) is 1.67. The second kappa shape index (κ2) is 6.08. The van der Waals surface area contributed by atoms with E-state index < -0.39 is 10.8 Å². The van der Waals surface area contributed by atoms with Crippen LogP contribution in [0.15, 0.2) is 47.4 Å². The van der Waals surface area contributed by atoms with Crippen LogP contribution in [0.5, 0.6) is 5.75 Å². The summed E-state index contributed by atoms with van der Waals surface area (Å²) in [7, 11) is 0.397. The van der Waals surface area contributed by atoms with E-state index in [4.69, 9.17) is 22.1 Å². The van der Waals surface area contributed by atoms with Crippen molar-refractivity contribution in [2.45, 2.75) is 10.6 Å². The summed E-state index contributed by atoms with van der Waals surface area (Å²) < 4.78 is 17.4. The SMILES string of the molecule is COc1cccc(S(=O)Cc2cc(Cl)ccc2N)c1. The number of hydrogen-bond acceptors (Lipinski definition) is 3. The van der Waals surface area contributed by atoms with E-state index >= 15 is 0 Å². The standard InChI is InChI=1S/C14H14ClNO2S/c1-18-12-3-2-4-13(8-12)19(17)9-10-7-11(15)5-6-14(10)16/h2-8H,9,16H2,1H3. The quantitative estimate of drug-likeness (QED) is 0.881. The van der Waals surface area contributed by atoms with Crippen molar-refractivity contribution < 1.29 is 8.95 Å². The lowest BCUT2D eigenvalue weighted by Crippen LogP contribution is -2.00. The second-order valence-corrected chi connectivity index (χ2v) is 5.90. The normalized spacial score (nSPS) is 12.1. The molecular weight excluding hydrogens is 282 g/mol. The van der Waals surface area contributed by atoms with E-state index in [1.54, 1.807) is 37.4 Å². The number of benzene rings is 2. The summed E-state index contributed by atoms with van der Waals surface area (Å²) in [4.78, 5) is 0.707. The van der Waals surface area contributed by atoms with Crippen LogP contribution in [-0.2, 0) is 16.6 Å². The highest BCUT2D eigenvalue weighted by molar-refractivity contribution is 7.84. The van der Waals surface area contributed by atoms with Gasteiger partial charge in [0.2, 0.25) is 0 Å². The largest absolute Gasteiger partial charge is 0.497 e. The summed E-state index contributed by atoms with van der Waals surface area (Å²) in [6.07, 6.45) is 0. The van der Waals surface area contributed by atoms with E-state index in [1.807, 2.05) is 12.1 Å². The highest BCUT2D eigenvalue weighted by atomic mass is 35.5. The van der Waals surface area contributed by atoms with E-state index in [0.717, 1.165) is 5.56 Å². The number of rotatable bonds is 4. The lowest BCUT2D eigenvalue weighted by molar-refractivity contribution is 0.413. The van der Waals surface area contributed by atoms with Gasteiger partial charge < -0.3 is 10.5 Å². The van der Waals surface area contributed by atoms with Crippen molar-refractivity contribution in [2.24, 2.45) is 0 Å². The molecule has 1 unspecified atom stereocenters. The van der Waals surface area contributed by atoms with Crippen LogP contribution < -0.4 is 10.5 Å². The molecule has 0 heterocycles. The van der Waals surface area contributed by atoms with Crippen molar-refractivity contribution in [3.05, 3.63) is 53.1 Å². The van der Waals surface area contributed by atoms with E-state index in [0.29, 0.717) is 27.1 Å². The number of hydrogen-bond donors (Lipinski definition) is 1. The van der Waals surface area contributed by atoms with Gasteiger partial charge in [0.05, 0.1) is 23.7 Å². The maximum Gasteiger partial charge on any atom is 0.120 e. The lowest BCUT2D eigenvalue weighted by atomic mass is 10.2. The van der Waals surface area contributed by atoms with Crippen LogP contribution >= 0.6 is 11.6 Å². The van der Waals surface area contributed by atoms with Crippen LogP contribution in [0.1, 0.15) is 5.56 Å². The first-order chi connectivity index (χ1) is 9.10. The average molecular weight is 296 g/mol. The van der Waals surface area contributed by atoms with Gasteiger partial charge in [0.15, 0.2) is 0 Å². The molecule has 0 aliphatic rings. The first-order valence-electron chi connectivity index (χ1n) is 5.66. The van der Waals surface area contributed by atoms with Crippen molar-refractivity contribution in [3.8, 4) is 5.75 Å². The molecule has 2 rings (SSSR count). The molecule has 2 aromatic carbocycles. The fraction of sp³-hybridized carbons (Fsp3) is 0.143. The van der Waals surface area contributed by atoms with Gasteiger partial charge in [-0.05, 0) is 42.0 Å². The maximum atomic E-state index is 12.3. The van der Waals surface area contributed by atoms with Crippen molar-refractivity contribution in [1.82, 2.24) is 0 Å². The molecule has 0 aliphatic heterocycles. The van der Waals surface area contributed by atoms with Gasteiger partial charge >= 0.3 is 0 Å². The van der Waals surface area contributed by atoms with Crippen LogP contribution in [0.3, 0.4) is 0 Å². The van der Waals surface area contributed by atoms with Crippen LogP contribution in [0.4, 0.5) is 5.69 Å². The fourth-order valence-corrected chi connectivity index (χ4v) is 3.04. The number of halogens is 1. The number of nitrogen functional groups attached to an aromatic ring is 1. The second-order valence-electron chi connectivity index (χ2n) is 4.01. The van der Waals surface area contributed by atoms with Gasteiger partial charge in [-0.1, -0.05) is 17.7 Å². The summed E-state index contributed by atoms with van der Waals surface area (Å²) in [5.74, 6) is 1.02. The Kier molecular flexibility index (Phi) is 4.45. The zero-order valence-corrected chi connectivity index (χ0v) is 12.0. The Balaban J connectivity index is 2.22. The van der Waals surface area contributed by atoms with Crippen molar-refractivity contribution >= 4 is 28.1 Å². The van der Waals surface area contributed by atoms with E-state index in [2.05, 4.69) is 0 Å². The Bertz CT molecular complexity index is 616. The van der Waals surface area contributed by atoms with Gasteiger partial charge in [0.1, 0.15) is 5.75 Å².